The van der Waals surface area contributed by atoms with Crippen LogP contribution < -0.4 is 0 Å². The quantitative estimate of drug-likeness (QED) is 0.753. The smallest absolute Gasteiger partial charge is 0.311 e. The molecule has 22 heavy (non-hydrogen) atoms. The lowest BCUT2D eigenvalue weighted by atomic mass is 9.60. The maximum atomic E-state index is 12.0. The van der Waals surface area contributed by atoms with Gasteiger partial charge in [-0.25, -0.2) is 0 Å². The summed E-state index contributed by atoms with van der Waals surface area (Å²) in [5, 5.41) is 0. The highest BCUT2D eigenvalue weighted by molar-refractivity contribution is 6.10. The third-order valence-electron chi connectivity index (χ3n) is 5.31. The zero-order chi connectivity index (χ0) is 15.8. The molecule has 118 valence electrons. The second-order valence-electron chi connectivity index (χ2n) is 6.70. The molecule has 0 saturated heterocycles. The van der Waals surface area contributed by atoms with E-state index in [1.54, 1.807) is 12.2 Å². The van der Waals surface area contributed by atoms with Crippen molar-refractivity contribution < 1.29 is 14.3 Å². The van der Waals surface area contributed by atoms with E-state index in [9.17, 15) is 9.59 Å². The van der Waals surface area contributed by atoms with E-state index < -0.39 is 0 Å². The Bertz CT molecular complexity index is 571. The van der Waals surface area contributed by atoms with Crippen LogP contribution in [0, 0.1) is 11.3 Å². The average Bonchev–Trinajstić information content (AvgIpc) is 2.71. The molecular formula is C18H23NO3. The van der Waals surface area contributed by atoms with Gasteiger partial charge in [0, 0.05) is 11.6 Å². The monoisotopic (exact) mass is 301 g/mol. The largest absolute Gasteiger partial charge is 0.466 e. The summed E-state index contributed by atoms with van der Waals surface area (Å²) in [7, 11) is 0. The number of carbonyl (C=O) groups is 2. The maximum Gasteiger partial charge on any atom is 0.311 e. The second-order valence-corrected chi connectivity index (χ2v) is 6.70. The van der Waals surface area contributed by atoms with Crippen LogP contribution in [0.1, 0.15) is 46.0 Å². The molecule has 1 spiro atoms. The molecule has 1 aliphatic heterocycles. The Balaban J connectivity index is 1.98. The van der Waals surface area contributed by atoms with Gasteiger partial charge in [0.05, 0.1) is 24.0 Å². The summed E-state index contributed by atoms with van der Waals surface area (Å²) in [6.45, 7) is 4.38. The summed E-state index contributed by atoms with van der Waals surface area (Å²) in [5.74, 6) is 0.103. The number of carbonyl (C=O) groups excluding carboxylic acids is 2. The van der Waals surface area contributed by atoms with Gasteiger partial charge in [0.2, 0.25) is 0 Å². The molecule has 0 aromatic heterocycles. The van der Waals surface area contributed by atoms with E-state index in [1.807, 2.05) is 19.1 Å². The summed E-state index contributed by atoms with van der Waals surface area (Å²) in [4.78, 5) is 28.5. The van der Waals surface area contributed by atoms with Crippen LogP contribution in [0.4, 0.5) is 0 Å². The summed E-state index contributed by atoms with van der Waals surface area (Å²) in [5.41, 5.74) is 0.352. The molecule has 0 unspecified atom stereocenters. The number of ether oxygens (including phenoxy) is 1. The van der Waals surface area contributed by atoms with Gasteiger partial charge in [0.15, 0.2) is 5.78 Å². The number of hydrogen-bond donors (Lipinski definition) is 0. The van der Waals surface area contributed by atoms with Crippen LogP contribution in [0.25, 0.3) is 0 Å². The molecular weight excluding hydrogens is 278 g/mol. The molecule has 0 radical (unpaired) electrons. The van der Waals surface area contributed by atoms with E-state index in [0.717, 1.165) is 18.6 Å². The van der Waals surface area contributed by atoms with Gasteiger partial charge in [-0.1, -0.05) is 25.0 Å². The highest BCUT2D eigenvalue weighted by Gasteiger charge is 2.55. The first kappa shape index (κ1) is 15.2. The van der Waals surface area contributed by atoms with Gasteiger partial charge in [0.1, 0.15) is 0 Å². The fraction of sp³-hybridized carbons (Fsp3) is 0.611. The van der Waals surface area contributed by atoms with E-state index in [4.69, 9.17) is 9.73 Å². The van der Waals surface area contributed by atoms with Crippen LogP contribution in [0.5, 0.6) is 0 Å². The van der Waals surface area contributed by atoms with Crippen LogP contribution in [0.2, 0.25) is 0 Å². The van der Waals surface area contributed by atoms with Crippen molar-refractivity contribution in [3.8, 4) is 0 Å². The zero-order valence-corrected chi connectivity index (χ0v) is 13.3. The Kier molecular flexibility index (Phi) is 3.79. The molecule has 4 heteroatoms. The van der Waals surface area contributed by atoms with Crippen molar-refractivity contribution in [2.75, 3.05) is 6.61 Å². The fourth-order valence-electron chi connectivity index (χ4n) is 4.33. The molecule has 0 bridgehead atoms. The number of aliphatic imine (C=N–C) groups is 1. The first-order valence-corrected chi connectivity index (χ1v) is 8.17. The minimum atomic E-state index is -0.379. The van der Waals surface area contributed by atoms with Crippen molar-refractivity contribution >= 4 is 17.5 Å². The summed E-state index contributed by atoms with van der Waals surface area (Å²) in [6, 6.07) is 0. The van der Waals surface area contributed by atoms with E-state index in [2.05, 4.69) is 6.92 Å². The third kappa shape index (κ3) is 2.34. The van der Waals surface area contributed by atoms with E-state index in [1.165, 1.54) is 12.8 Å². The van der Waals surface area contributed by atoms with Gasteiger partial charge in [-0.15, -0.1) is 0 Å². The molecule has 4 nitrogen and oxygen atoms in total. The fourth-order valence-corrected chi connectivity index (χ4v) is 4.33. The molecule has 3 aliphatic rings. The van der Waals surface area contributed by atoms with Crippen LogP contribution >= 0.6 is 0 Å². The van der Waals surface area contributed by atoms with Crippen LogP contribution in [0.15, 0.2) is 29.3 Å². The van der Waals surface area contributed by atoms with Crippen molar-refractivity contribution in [1.82, 2.24) is 0 Å². The molecule has 2 atom stereocenters. The first-order valence-electron chi connectivity index (χ1n) is 8.17. The van der Waals surface area contributed by atoms with Crippen molar-refractivity contribution in [3.63, 3.8) is 0 Å². The van der Waals surface area contributed by atoms with E-state index >= 15 is 0 Å². The summed E-state index contributed by atoms with van der Waals surface area (Å²) < 4.78 is 5.11. The normalized spacial score (nSPS) is 32.0. The Labute approximate surface area is 131 Å². The molecule has 0 amide bonds. The Morgan fingerprint density at radius 2 is 2.09 bits per heavy atom. The molecule has 0 N–H and O–H groups in total. The minimum Gasteiger partial charge on any atom is -0.466 e. The van der Waals surface area contributed by atoms with Gasteiger partial charge in [-0.3, -0.25) is 14.6 Å². The van der Waals surface area contributed by atoms with Crippen molar-refractivity contribution in [2.45, 2.75) is 51.5 Å². The predicted octanol–water partition coefficient (Wildman–Crippen LogP) is 3.02. The van der Waals surface area contributed by atoms with Crippen LogP contribution in [0.3, 0.4) is 0 Å². The average molecular weight is 301 g/mol. The molecule has 1 saturated carbocycles. The standard InChI is InChI=1S/C18H23NO3/c1-3-22-16(21)12-15-18(10-7-13(20)8-11-18)14-6-4-5-9-17(14,2)19-15/h7-8,10-11,14H,3-6,9,12H2,1-2H3/t14-,17+/m0/s1. The summed E-state index contributed by atoms with van der Waals surface area (Å²) >= 11 is 0. The number of ketones is 1. The molecule has 0 aromatic carbocycles. The lowest BCUT2D eigenvalue weighted by Crippen LogP contribution is -2.42. The second kappa shape index (κ2) is 5.49. The minimum absolute atomic E-state index is 0.00511. The zero-order valence-electron chi connectivity index (χ0n) is 13.3. The molecule has 3 rings (SSSR count). The number of rotatable bonds is 3. The van der Waals surface area contributed by atoms with Crippen molar-refractivity contribution in [3.05, 3.63) is 24.3 Å². The SMILES string of the molecule is CCOC(=O)CC1=N[C@]2(C)CCCC[C@@H]2C12C=CC(=O)C=C2. The number of nitrogens with zero attached hydrogens (tertiary/aromatic N) is 1. The topological polar surface area (TPSA) is 55.7 Å². The van der Waals surface area contributed by atoms with Crippen molar-refractivity contribution in [1.29, 1.82) is 0 Å². The number of esters is 1. The van der Waals surface area contributed by atoms with Gasteiger partial charge in [-0.05, 0) is 38.8 Å². The van der Waals surface area contributed by atoms with Gasteiger partial charge in [0.25, 0.3) is 0 Å². The number of allylic oxidation sites excluding steroid dienone is 4. The Morgan fingerprint density at radius 1 is 1.36 bits per heavy atom. The number of hydrogen-bond acceptors (Lipinski definition) is 4. The highest BCUT2D eigenvalue weighted by Crippen LogP contribution is 2.55. The lowest BCUT2D eigenvalue weighted by molar-refractivity contribution is -0.141. The van der Waals surface area contributed by atoms with E-state index in [0.29, 0.717) is 12.5 Å². The molecule has 1 fully saturated rings. The van der Waals surface area contributed by atoms with E-state index in [-0.39, 0.29) is 29.1 Å². The molecule has 2 aliphatic carbocycles. The Hall–Kier alpha value is -1.71. The first-order chi connectivity index (χ1) is 10.5. The van der Waals surface area contributed by atoms with Crippen molar-refractivity contribution in [2.24, 2.45) is 16.3 Å². The highest BCUT2D eigenvalue weighted by atomic mass is 16.5. The molecule has 1 heterocycles. The third-order valence-corrected chi connectivity index (χ3v) is 5.31. The van der Waals surface area contributed by atoms with Crippen LogP contribution in [-0.4, -0.2) is 29.6 Å². The number of fused-ring (bicyclic) bond motifs is 2. The maximum absolute atomic E-state index is 12.0. The summed E-state index contributed by atoms with van der Waals surface area (Å²) in [6.07, 6.45) is 11.9. The Morgan fingerprint density at radius 3 is 2.77 bits per heavy atom. The van der Waals surface area contributed by atoms with Gasteiger partial charge < -0.3 is 4.74 Å². The molecule has 0 aromatic rings. The van der Waals surface area contributed by atoms with Crippen LogP contribution in [-0.2, 0) is 14.3 Å². The predicted molar refractivity (Wildman–Crippen MR) is 84.8 cm³/mol. The van der Waals surface area contributed by atoms with Gasteiger partial charge >= 0.3 is 5.97 Å². The van der Waals surface area contributed by atoms with Gasteiger partial charge in [-0.2, -0.15) is 0 Å². The lowest BCUT2D eigenvalue weighted by Gasteiger charge is -2.42.